The van der Waals surface area contributed by atoms with E-state index in [0.717, 1.165) is 47.9 Å². The molecule has 1 aromatic heterocycles. The summed E-state index contributed by atoms with van der Waals surface area (Å²) < 4.78 is 12.3. The van der Waals surface area contributed by atoms with Crippen LogP contribution in [0.15, 0.2) is 72.9 Å². The van der Waals surface area contributed by atoms with Gasteiger partial charge in [0.15, 0.2) is 6.23 Å². The van der Waals surface area contributed by atoms with E-state index in [-0.39, 0.29) is 22.9 Å². The van der Waals surface area contributed by atoms with Crippen molar-refractivity contribution in [2.45, 2.75) is 77.6 Å². The van der Waals surface area contributed by atoms with Crippen LogP contribution in [0.2, 0.25) is 0 Å². The molecule has 4 unspecified atom stereocenters. The summed E-state index contributed by atoms with van der Waals surface area (Å²) in [5.74, 6) is -1.44. The lowest BCUT2D eigenvalue weighted by Crippen LogP contribution is -2.54. The monoisotopic (exact) mass is 614 g/mol. The quantitative estimate of drug-likeness (QED) is 0.114. The molecule has 2 aliphatic carbocycles. The number of amides is 2. The van der Waals surface area contributed by atoms with Gasteiger partial charge >= 0.3 is 12.1 Å². The van der Waals surface area contributed by atoms with Gasteiger partial charge in [0.1, 0.15) is 6.10 Å². The highest BCUT2D eigenvalue weighted by molar-refractivity contribution is 5.94. The fourth-order valence-electron chi connectivity index (χ4n) is 7.62. The molecule has 45 heavy (non-hydrogen) atoms. The molecule has 5 N–H and O–H groups in total. The van der Waals surface area contributed by atoms with Crippen LogP contribution in [0, 0.1) is 22.7 Å². The van der Waals surface area contributed by atoms with Crippen LogP contribution in [0.4, 0.5) is 4.79 Å². The van der Waals surface area contributed by atoms with E-state index in [2.05, 4.69) is 47.8 Å². The molecule has 7 atom stereocenters. The summed E-state index contributed by atoms with van der Waals surface area (Å²) in [7, 11) is 0. The van der Waals surface area contributed by atoms with Gasteiger partial charge in [-0.1, -0.05) is 76.2 Å². The second kappa shape index (κ2) is 11.7. The van der Waals surface area contributed by atoms with E-state index >= 15 is 0 Å². The Morgan fingerprint density at radius 2 is 1.82 bits per heavy atom. The Morgan fingerprint density at radius 1 is 1.09 bits per heavy atom. The molecule has 3 aliphatic rings. The number of carboxylic acid groups (broad SMARTS) is 1. The van der Waals surface area contributed by atoms with Crippen molar-refractivity contribution >= 4 is 28.9 Å². The largest absolute Gasteiger partial charge is 0.478 e. The number of hydrogen-bond donors (Lipinski definition) is 5. The summed E-state index contributed by atoms with van der Waals surface area (Å²) in [5.41, 5.74) is 1.59. The highest BCUT2D eigenvalue weighted by atomic mass is 16.6. The average molecular weight is 615 g/mol. The molecule has 2 aromatic carbocycles. The number of carbonyl (C=O) groups is 3. The molecule has 1 aliphatic heterocycles. The Labute approximate surface area is 262 Å². The van der Waals surface area contributed by atoms with Crippen molar-refractivity contribution in [1.29, 1.82) is 0 Å². The van der Waals surface area contributed by atoms with Crippen LogP contribution in [0.25, 0.3) is 10.9 Å². The molecular formula is C35H42N4O6. The standard InChI is InChI=1S/C35H42N4O6/c1-21(18-22-20-36-26-13-9-8-12-25(22)26)30(38-32(43)44-27-19-24-16-17-34(27,4)33(24,2)3)37-31-35(45-31,23-10-6-5-7-11-23)39-28(40)14-15-29(41)42/h5-15,20-21,24,27,30-31,36-37H,16-19H2,1-4H3,(H,38,43)(H,39,40)(H,41,42)/t21?,24-,27?,30?,31-,34?,35-/m0/s1. The van der Waals surface area contributed by atoms with Gasteiger partial charge in [0.25, 0.3) is 0 Å². The zero-order valence-electron chi connectivity index (χ0n) is 26.1. The van der Waals surface area contributed by atoms with Crippen molar-refractivity contribution in [2.24, 2.45) is 22.7 Å². The van der Waals surface area contributed by atoms with Crippen molar-refractivity contribution in [3.8, 4) is 0 Å². The summed E-state index contributed by atoms with van der Waals surface area (Å²) in [6, 6.07) is 17.3. The van der Waals surface area contributed by atoms with Crippen molar-refractivity contribution < 1.29 is 29.0 Å². The topological polar surface area (TPSA) is 145 Å². The number of benzene rings is 2. The highest BCUT2D eigenvalue weighted by Gasteiger charge is 2.63. The van der Waals surface area contributed by atoms with E-state index in [9.17, 15) is 14.4 Å². The Bertz CT molecular complexity index is 1620. The number of H-pyrrole nitrogens is 1. The number of carbonyl (C=O) groups excluding carboxylic acids is 2. The second-order valence-electron chi connectivity index (χ2n) is 13.6. The van der Waals surface area contributed by atoms with Gasteiger partial charge < -0.3 is 30.2 Å². The lowest BCUT2D eigenvalue weighted by Gasteiger charge is -2.38. The number of carboxylic acids is 1. The Balaban J connectivity index is 1.23. The fourth-order valence-corrected chi connectivity index (χ4v) is 7.62. The molecule has 2 bridgehead atoms. The molecule has 2 amide bonds. The molecule has 0 radical (unpaired) electrons. The summed E-state index contributed by atoms with van der Waals surface area (Å²) in [4.78, 5) is 40.6. The third-order valence-electron chi connectivity index (χ3n) is 10.9. The molecule has 3 aromatic rings. The number of para-hydroxylation sites is 1. The number of nitrogens with one attached hydrogen (secondary N) is 4. The zero-order chi connectivity index (χ0) is 32.0. The van der Waals surface area contributed by atoms with Gasteiger partial charge in [0.05, 0.1) is 6.17 Å². The zero-order valence-corrected chi connectivity index (χ0v) is 26.1. The average Bonchev–Trinajstić information content (AvgIpc) is 3.37. The summed E-state index contributed by atoms with van der Waals surface area (Å²) >= 11 is 0. The Hall–Kier alpha value is -4.15. The predicted octanol–water partition coefficient (Wildman–Crippen LogP) is 5.17. The van der Waals surface area contributed by atoms with E-state index in [1.165, 1.54) is 0 Å². The van der Waals surface area contributed by atoms with Crippen molar-refractivity contribution in [3.63, 3.8) is 0 Å². The number of epoxide rings is 1. The number of aromatic amines is 1. The minimum Gasteiger partial charge on any atom is -0.478 e. The third-order valence-corrected chi connectivity index (χ3v) is 10.9. The first-order chi connectivity index (χ1) is 21.4. The lowest BCUT2D eigenvalue weighted by atomic mass is 9.70. The number of fused-ring (bicyclic) bond motifs is 3. The Kier molecular flexibility index (Phi) is 7.99. The fraction of sp³-hybridized carbons (Fsp3) is 0.457. The molecule has 10 nitrogen and oxygen atoms in total. The predicted molar refractivity (Wildman–Crippen MR) is 169 cm³/mol. The van der Waals surface area contributed by atoms with Gasteiger partial charge in [0.2, 0.25) is 11.6 Å². The summed E-state index contributed by atoms with van der Waals surface area (Å²) in [5, 5.41) is 19.5. The summed E-state index contributed by atoms with van der Waals surface area (Å²) in [6.45, 7) is 8.85. The van der Waals surface area contributed by atoms with Crippen LogP contribution in [0.5, 0.6) is 0 Å². The van der Waals surface area contributed by atoms with Gasteiger partial charge in [-0.15, -0.1) is 0 Å². The van der Waals surface area contributed by atoms with Gasteiger partial charge in [-0.3, -0.25) is 10.1 Å². The van der Waals surface area contributed by atoms with E-state index in [4.69, 9.17) is 14.6 Å². The van der Waals surface area contributed by atoms with Crippen LogP contribution in [-0.2, 0) is 31.2 Å². The van der Waals surface area contributed by atoms with E-state index in [0.29, 0.717) is 17.9 Å². The van der Waals surface area contributed by atoms with E-state index in [1.807, 2.05) is 61.7 Å². The maximum atomic E-state index is 13.6. The van der Waals surface area contributed by atoms with Crippen LogP contribution in [0.1, 0.15) is 58.1 Å². The van der Waals surface area contributed by atoms with Crippen LogP contribution >= 0.6 is 0 Å². The smallest absolute Gasteiger partial charge is 0.408 e. The molecule has 10 heteroatoms. The molecule has 2 heterocycles. The molecule has 0 spiro atoms. The van der Waals surface area contributed by atoms with Crippen molar-refractivity contribution in [1.82, 2.24) is 20.9 Å². The van der Waals surface area contributed by atoms with Gasteiger partial charge in [-0.05, 0) is 54.6 Å². The first-order valence-corrected chi connectivity index (χ1v) is 15.7. The lowest BCUT2D eigenvalue weighted by molar-refractivity contribution is -0.131. The number of hydrogen-bond acceptors (Lipinski definition) is 6. The Morgan fingerprint density at radius 3 is 2.51 bits per heavy atom. The maximum Gasteiger partial charge on any atom is 0.408 e. The van der Waals surface area contributed by atoms with E-state index in [1.54, 1.807) is 0 Å². The molecule has 1 saturated heterocycles. The number of aromatic nitrogens is 1. The number of rotatable bonds is 11. The minimum atomic E-state index is -1.26. The van der Waals surface area contributed by atoms with Gasteiger partial charge in [-0.25, -0.2) is 9.59 Å². The van der Waals surface area contributed by atoms with Crippen LogP contribution in [0.3, 0.4) is 0 Å². The molecule has 238 valence electrons. The van der Waals surface area contributed by atoms with Gasteiger partial charge in [0, 0.05) is 40.2 Å². The van der Waals surface area contributed by atoms with E-state index < -0.39 is 36.1 Å². The molecular weight excluding hydrogens is 572 g/mol. The third kappa shape index (κ3) is 5.73. The normalized spacial score (nSPS) is 29.4. The highest BCUT2D eigenvalue weighted by Crippen LogP contribution is 2.66. The summed E-state index contributed by atoms with van der Waals surface area (Å²) in [6.07, 6.45) is 5.45. The van der Waals surface area contributed by atoms with Gasteiger partial charge in [-0.2, -0.15) is 0 Å². The van der Waals surface area contributed by atoms with Crippen molar-refractivity contribution in [3.05, 3.63) is 84.1 Å². The SMILES string of the molecule is CC(Cc1c[nH]c2ccccc12)C(NC(=O)OC1C[C@@H]2CCC1(C)C2(C)C)N[C@H]1O[C@@]1(NC(=O)C=CC(=O)O)c1ccccc1. The molecule has 6 rings (SSSR count). The molecule has 3 fully saturated rings. The van der Waals surface area contributed by atoms with Crippen LogP contribution < -0.4 is 16.0 Å². The van der Waals surface area contributed by atoms with Crippen molar-refractivity contribution in [2.75, 3.05) is 0 Å². The maximum absolute atomic E-state index is 13.6. The number of alkyl carbamates (subject to hydrolysis) is 1. The first-order valence-electron chi connectivity index (χ1n) is 15.7. The second-order valence-corrected chi connectivity index (χ2v) is 13.6. The first kappa shape index (κ1) is 30.9. The number of ether oxygens (including phenoxy) is 2. The molecule has 2 saturated carbocycles. The number of aliphatic carboxylic acids is 1. The minimum absolute atomic E-state index is 0.0800. The van der Waals surface area contributed by atoms with Crippen LogP contribution in [-0.4, -0.2) is 46.6 Å².